The fraction of sp³-hybridized carbons (Fsp3) is 0.200. The van der Waals surface area contributed by atoms with Crippen molar-refractivity contribution in [3.05, 3.63) is 29.8 Å². The zero-order valence-electron chi connectivity index (χ0n) is 8.32. The van der Waals surface area contributed by atoms with E-state index in [9.17, 15) is 9.18 Å². The van der Waals surface area contributed by atoms with Gasteiger partial charge in [0.05, 0.1) is 7.11 Å². The van der Waals surface area contributed by atoms with Crippen LogP contribution < -0.4 is 0 Å². The SMILES string of the molecule is COC(=O)c1cc2ccn(C)c2nc1F. The molecule has 78 valence electrons. The minimum absolute atomic E-state index is 0.142. The van der Waals surface area contributed by atoms with E-state index in [0.29, 0.717) is 11.0 Å². The first-order chi connectivity index (χ1) is 7.13. The zero-order chi connectivity index (χ0) is 11.0. The quantitative estimate of drug-likeness (QED) is 0.527. The van der Waals surface area contributed by atoms with Gasteiger partial charge in [-0.05, 0) is 12.1 Å². The molecular weight excluding hydrogens is 199 g/mol. The normalized spacial score (nSPS) is 10.6. The topological polar surface area (TPSA) is 44.1 Å². The van der Waals surface area contributed by atoms with Crippen molar-refractivity contribution in [1.82, 2.24) is 9.55 Å². The molecule has 0 amide bonds. The molecule has 2 heterocycles. The molecule has 0 unspecified atom stereocenters. The summed E-state index contributed by atoms with van der Waals surface area (Å²) < 4.78 is 19.5. The van der Waals surface area contributed by atoms with Crippen molar-refractivity contribution in [1.29, 1.82) is 0 Å². The highest BCUT2D eigenvalue weighted by atomic mass is 19.1. The summed E-state index contributed by atoms with van der Waals surface area (Å²) in [4.78, 5) is 14.9. The second kappa shape index (κ2) is 3.34. The molecule has 2 rings (SSSR count). The molecule has 0 saturated carbocycles. The van der Waals surface area contributed by atoms with E-state index in [1.807, 2.05) is 0 Å². The average molecular weight is 208 g/mol. The molecular formula is C10H9FN2O2. The van der Waals surface area contributed by atoms with Gasteiger partial charge in [-0.15, -0.1) is 0 Å². The summed E-state index contributed by atoms with van der Waals surface area (Å²) in [6, 6.07) is 3.19. The molecule has 0 aliphatic carbocycles. The summed E-state index contributed by atoms with van der Waals surface area (Å²) in [7, 11) is 2.96. The number of aryl methyl sites for hydroxylation is 1. The predicted octanol–water partition coefficient (Wildman–Crippen LogP) is 1.50. The largest absolute Gasteiger partial charge is 0.465 e. The molecule has 0 spiro atoms. The van der Waals surface area contributed by atoms with Crippen LogP contribution in [-0.4, -0.2) is 22.6 Å². The maximum absolute atomic E-state index is 13.4. The minimum Gasteiger partial charge on any atom is -0.465 e. The number of hydrogen-bond acceptors (Lipinski definition) is 3. The van der Waals surface area contributed by atoms with Gasteiger partial charge in [0, 0.05) is 18.6 Å². The Balaban J connectivity index is 2.68. The predicted molar refractivity (Wildman–Crippen MR) is 52.0 cm³/mol. The Morgan fingerprint density at radius 3 is 3.00 bits per heavy atom. The molecule has 2 aromatic rings. The molecule has 0 aromatic carbocycles. The molecule has 5 heteroatoms. The lowest BCUT2D eigenvalue weighted by Gasteiger charge is -2.01. The second-order valence-corrected chi connectivity index (χ2v) is 3.16. The number of hydrogen-bond donors (Lipinski definition) is 0. The maximum Gasteiger partial charge on any atom is 0.342 e. The average Bonchev–Trinajstić information content (AvgIpc) is 2.58. The number of pyridine rings is 1. The Morgan fingerprint density at radius 2 is 2.33 bits per heavy atom. The summed E-state index contributed by atoms with van der Waals surface area (Å²) in [5, 5.41) is 0.708. The zero-order valence-corrected chi connectivity index (χ0v) is 8.32. The van der Waals surface area contributed by atoms with Gasteiger partial charge in [-0.1, -0.05) is 0 Å². The number of fused-ring (bicyclic) bond motifs is 1. The van der Waals surface area contributed by atoms with Crippen LogP contribution in [0, 0.1) is 5.95 Å². The van der Waals surface area contributed by atoms with Gasteiger partial charge in [-0.3, -0.25) is 0 Å². The highest BCUT2D eigenvalue weighted by Gasteiger charge is 2.15. The standard InChI is InChI=1S/C10H9FN2O2/c1-13-4-3-6-5-7(10(14)15-2)8(11)12-9(6)13/h3-5H,1-2H3. The summed E-state index contributed by atoms with van der Waals surface area (Å²) >= 11 is 0. The summed E-state index contributed by atoms with van der Waals surface area (Å²) in [5.41, 5.74) is 0.358. The number of carbonyl (C=O) groups excluding carboxylic acids is 1. The summed E-state index contributed by atoms with van der Waals surface area (Å²) in [5.74, 6) is -1.53. The molecule has 0 aliphatic rings. The van der Waals surface area contributed by atoms with E-state index in [0.717, 1.165) is 0 Å². The van der Waals surface area contributed by atoms with Crippen LogP contribution in [0.5, 0.6) is 0 Å². The number of methoxy groups -OCH3 is 1. The summed E-state index contributed by atoms with van der Waals surface area (Å²) in [6.45, 7) is 0. The Hall–Kier alpha value is -1.91. The molecule has 0 N–H and O–H groups in total. The van der Waals surface area contributed by atoms with E-state index in [4.69, 9.17) is 0 Å². The Labute approximate surface area is 85.3 Å². The van der Waals surface area contributed by atoms with Crippen LogP contribution in [0.15, 0.2) is 18.3 Å². The lowest BCUT2D eigenvalue weighted by molar-refractivity contribution is 0.0594. The molecule has 0 aliphatic heterocycles. The van der Waals surface area contributed by atoms with E-state index in [2.05, 4.69) is 9.72 Å². The monoisotopic (exact) mass is 208 g/mol. The number of rotatable bonds is 1. The van der Waals surface area contributed by atoms with E-state index >= 15 is 0 Å². The lowest BCUT2D eigenvalue weighted by atomic mass is 10.2. The molecule has 4 nitrogen and oxygen atoms in total. The first-order valence-corrected chi connectivity index (χ1v) is 4.33. The van der Waals surface area contributed by atoms with Crippen LogP contribution >= 0.6 is 0 Å². The van der Waals surface area contributed by atoms with Crippen LogP contribution in [0.4, 0.5) is 4.39 Å². The van der Waals surface area contributed by atoms with Crippen molar-refractivity contribution in [2.75, 3.05) is 7.11 Å². The number of carbonyl (C=O) groups is 1. The highest BCUT2D eigenvalue weighted by Crippen LogP contribution is 2.17. The van der Waals surface area contributed by atoms with Gasteiger partial charge >= 0.3 is 5.97 Å². The fourth-order valence-corrected chi connectivity index (χ4v) is 1.42. The first kappa shape index (κ1) is 9.64. The van der Waals surface area contributed by atoms with Crippen molar-refractivity contribution in [2.45, 2.75) is 0 Å². The molecule has 0 fully saturated rings. The molecule has 0 atom stereocenters. The van der Waals surface area contributed by atoms with Crippen molar-refractivity contribution >= 4 is 17.0 Å². The summed E-state index contributed by atoms with van der Waals surface area (Å²) in [6.07, 6.45) is 1.75. The van der Waals surface area contributed by atoms with Crippen LogP contribution in [0.2, 0.25) is 0 Å². The number of esters is 1. The molecule has 15 heavy (non-hydrogen) atoms. The fourth-order valence-electron chi connectivity index (χ4n) is 1.42. The number of halogens is 1. The molecule has 0 saturated heterocycles. The van der Waals surface area contributed by atoms with E-state index in [1.54, 1.807) is 23.9 Å². The number of ether oxygens (including phenoxy) is 1. The van der Waals surface area contributed by atoms with Gasteiger partial charge < -0.3 is 9.30 Å². The van der Waals surface area contributed by atoms with Crippen LogP contribution in [-0.2, 0) is 11.8 Å². The maximum atomic E-state index is 13.4. The van der Waals surface area contributed by atoms with E-state index < -0.39 is 11.9 Å². The Bertz CT molecular complexity index is 533. The van der Waals surface area contributed by atoms with E-state index in [1.165, 1.54) is 13.2 Å². The van der Waals surface area contributed by atoms with E-state index in [-0.39, 0.29) is 5.56 Å². The van der Waals surface area contributed by atoms with Crippen molar-refractivity contribution in [2.24, 2.45) is 7.05 Å². The third-order valence-corrected chi connectivity index (χ3v) is 2.20. The second-order valence-electron chi connectivity index (χ2n) is 3.16. The third kappa shape index (κ3) is 1.45. The van der Waals surface area contributed by atoms with Crippen molar-refractivity contribution in [3.63, 3.8) is 0 Å². The third-order valence-electron chi connectivity index (χ3n) is 2.20. The smallest absolute Gasteiger partial charge is 0.342 e. The Morgan fingerprint density at radius 1 is 1.60 bits per heavy atom. The first-order valence-electron chi connectivity index (χ1n) is 4.33. The highest BCUT2D eigenvalue weighted by molar-refractivity contribution is 5.93. The Kier molecular flexibility index (Phi) is 2.15. The van der Waals surface area contributed by atoms with Crippen molar-refractivity contribution < 1.29 is 13.9 Å². The van der Waals surface area contributed by atoms with Crippen LogP contribution in [0.3, 0.4) is 0 Å². The van der Waals surface area contributed by atoms with Gasteiger partial charge in [0.1, 0.15) is 11.2 Å². The van der Waals surface area contributed by atoms with Crippen molar-refractivity contribution in [3.8, 4) is 0 Å². The van der Waals surface area contributed by atoms with Gasteiger partial charge in [0.15, 0.2) is 0 Å². The van der Waals surface area contributed by atoms with Crippen LogP contribution in [0.1, 0.15) is 10.4 Å². The van der Waals surface area contributed by atoms with Gasteiger partial charge in [0.2, 0.25) is 5.95 Å². The molecule has 0 bridgehead atoms. The number of nitrogens with zero attached hydrogens (tertiary/aromatic N) is 2. The van der Waals surface area contributed by atoms with Gasteiger partial charge in [-0.2, -0.15) is 4.39 Å². The van der Waals surface area contributed by atoms with Gasteiger partial charge in [0.25, 0.3) is 0 Å². The molecule has 2 aromatic heterocycles. The lowest BCUT2D eigenvalue weighted by Crippen LogP contribution is -2.06. The van der Waals surface area contributed by atoms with Gasteiger partial charge in [-0.25, -0.2) is 9.78 Å². The number of aromatic nitrogens is 2. The minimum atomic E-state index is -0.809. The molecule has 0 radical (unpaired) electrons. The van der Waals surface area contributed by atoms with Crippen LogP contribution in [0.25, 0.3) is 11.0 Å².